The molecule has 7 nitrogen and oxygen atoms in total. The number of carboxylic acids is 1. The minimum Gasteiger partial charge on any atom is -0.480 e. The summed E-state index contributed by atoms with van der Waals surface area (Å²) < 4.78 is 0. The Bertz CT molecular complexity index is 1140. The van der Waals surface area contributed by atoms with Crippen molar-refractivity contribution < 1.29 is 14.7 Å². The molecule has 0 saturated heterocycles. The van der Waals surface area contributed by atoms with Crippen molar-refractivity contribution in [3.05, 3.63) is 70.0 Å². The summed E-state index contributed by atoms with van der Waals surface area (Å²) in [7, 11) is 1.61. The highest BCUT2D eigenvalue weighted by atomic mass is 32.1. The Labute approximate surface area is 216 Å². The second-order valence-corrected chi connectivity index (χ2v) is 10.3. The van der Waals surface area contributed by atoms with Crippen molar-refractivity contribution in [2.24, 2.45) is 0 Å². The van der Waals surface area contributed by atoms with Crippen molar-refractivity contribution in [3.8, 4) is 11.3 Å². The molecule has 8 heteroatoms. The largest absolute Gasteiger partial charge is 0.480 e. The van der Waals surface area contributed by atoms with Gasteiger partial charge < -0.3 is 20.6 Å². The number of carbonyl (C=O) groups is 2. The van der Waals surface area contributed by atoms with E-state index in [2.05, 4.69) is 52.0 Å². The summed E-state index contributed by atoms with van der Waals surface area (Å²) in [6.07, 6.45) is 7.77. The third kappa shape index (κ3) is 7.31. The van der Waals surface area contributed by atoms with Gasteiger partial charge >= 0.3 is 12.0 Å². The van der Waals surface area contributed by atoms with Crippen LogP contribution in [0, 0.1) is 0 Å². The van der Waals surface area contributed by atoms with Crippen molar-refractivity contribution in [1.82, 2.24) is 15.2 Å². The highest BCUT2D eigenvalue weighted by Gasteiger charge is 2.15. The average molecular weight is 507 g/mol. The zero-order valence-corrected chi connectivity index (χ0v) is 21.5. The quantitative estimate of drug-likeness (QED) is 0.326. The molecule has 0 atom stereocenters. The third-order valence-electron chi connectivity index (χ3n) is 6.64. The molecule has 2 aromatic carbocycles. The number of thiazole rings is 1. The number of carbonyl (C=O) groups excluding carboxylic acids is 1. The topological polar surface area (TPSA) is 94.6 Å². The van der Waals surface area contributed by atoms with E-state index in [1.807, 2.05) is 17.5 Å². The van der Waals surface area contributed by atoms with E-state index in [1.165, 1.54) is 59.5 Å². The Hall–Kier alpha value is -3.39. The molecule has 36 heavy (non-hydrogen) atoms. The number of urea groups is 1. The number of aliphatic carboxylic acids is 1. The van der Waals surface area contributed by atoms with Crippen LogP contribution in [0.5, 0.6) is 0 Å². The first kappa shape index (κ1) is 25.7. The van der Waals surface area contributed by atoms with E-state index in [1.54, 1.807) is 7.05 Å². The van der Waals surface area contributed by atoms with Crippen LogP contribution in [-0.4, -0.2) is 47.1 Å². The zero-order valence-electron chi connectivity index (χ0n) is 20.7. The number of hydrogen-bond donors (Lipinski definition) is 3. The second-order valence-electron chi connectivity index (χ2n) is 9.37. The van der Waals surface area contributed by atoms with Gasteiger partial charge in [-0.1, -0.05) is 55.7 Å². The van der Waals surface area contributed by atoms with Crippen molar-refractivity contribution in [2.75, 3.05) is 25.5 Å². The molecular formula is C28H34N4O3S. The number of nitrogens with zero attached hydrogens (tertiary/aromatic N) is 2. The molecule has 1 heterocycles. The van der Waals surface area contributed by atoms with E-state index in [4.69, 9.17) is 5.11 Å². The fraction of sp³-hybridized carbons (Fsp3) is 0.393. The van der Waals surface area contributed by atoms with E-state index in [9.17, 15) is 9.59 Å². The number of benzene rings is 2. The monoisotopic (exact) mass is 506 g/mol. The van der Waals surface area contributed by atoms with Crippen molar-refractivity contribution >= 4 is 29.0 Å². The summed E-state index contributed by atoms with van der Waals surface area (Å²) in [6.45, 7) is 0.788. The summed E-state index contributed by atoms with van der Waals surface area (Å²) in [5.41, 5.74) is 5.80. The SMILES string of the molecule is CN(Cc1nc(-c2ccc(NCCc3ccc(C4CCCCC4)cc3)cc2)cs1)C(=O)NCC(=O)O. The van der Waals surface area contributed by atoms with Gasteiger partial charge in [0, 0.05) is 30.2 Å². The van der Waals surface area contributed by atoms with E-state index in [-0.39, 0.29) is 0 Å². The van der Waals surface area contributed by atoms with Crippen LogP contribution in [0.2, 0.25) is 0 Å². The lowest BCUT2D eigenvalue weighted by Crippen LogP contribution is -2.39. The highest BCUT2D eigenvalue weighted by molar-refractivity contribution is 7.09. The second kappa shape index (κ2) is 12.5. The normalized spacial score (nSPS) is 13.8. The highest BCUT2D eigenvalue weighted by Crippen LogP contribution is 2.32. The lowest BCUT2D eigenvalue weighted by Gasteiger charge is -2.22. The summed E-state index contributed by atoms with van der Waals surface area (Å²) in [5, 5.41) is 17.3. The van der Waals surface area contributed by atoms with Gasteiger partial charge in [-0.2, -0.15) is 0 Å². The molecule has 1 aliphatic rings. The molecule has 1 saturated carbocycles. The van der Waals surface area contributed by atoms with E-state index < -0.39 is 18.5 Å². The van der Waals surface area contributed by atoms with Gasteiger partial charge in [0.15, 0.2) is 0 Å². The van der Waals surface area contributed by atoms with Gasteiger partial charge in [-0.3, -0.25) is 4.79 Å². The van der Waals surface area contributed by atoms with Crippen LogP contribution in [0.3, 0.4) is 0 Å². The van der Waals surface area contributed by atoms with Crippen molar-refractivity contribution in [3.63, 3.8) is 0 Å². The van der Waals surface area contributed by atoms with Crippen molar-refractivity contribution in [1.29, 1.82) is 0 Å². The molecule has 3 aromatic rings. The molecule has 4 rings (SSSR count). The molecule has 1 aliphatic carbocycles. The minimum atomic E-state index is -1.07. The van der Waals surface area contributed by atoms with E-state index in [0.29, 0.717) is 6.54 Å². The lowest BCUT2D eigenvalue weighted by atomic mass is 9.84. The predicted octanol–water partition coefficient (Wildman–Crippen LogP) is 5.74. The van der Waals surface area contributed by atoms with Crippen LogP contribution < -0.4 is 10.6 Å². The first-order valence-corrected chi connectivity index (χ1v) is 13.4. The van der Waals surface area contributed by atoms with E-state index >= 15 is 0 Å². The zero-order chi connectivity index (χ0) is 25.3. The van der Waals surface area contributed by atoms with Gasteiger partial charge in [-0.15, -0.1) is 11.3 Å². The van der Waals surface area contributed by atoms with Crippen LogP contribution in [-0.2, 0) is 17.8 Å². The molecular weight excluding hydrogens is 472 g/mol. The molecule has 0 aliphatic heterocycles. The Balaban J connectivity index is 1.23. The Morgan fingerprint density at radius 2 is 1.78 bits per heavy atom. The van der Waals surface area contributed by atoms with Crippen LogP contribution in [0.25, 0.3) is 11.3 Å². The third-order valence-corrected chi connectivity index (χ3v) is 7.48. The smallest absolute Gasteiger partial charge is 0.323 e. The first-order chi connectivity index (χ1) is 17.5. The Morgan fingerprint density at radius 1 is 1.06 bits per heavy atom. The number of anilines is 1. The van der Waals surface area contributed by atoms with Gasteiger partial charge in [0.05, 0.1) is 12.2 Å². The summed E-state index contributed by atoms with van der Waals surface area (Å²) in [5.74, 6) is -0.322. The molecule has 1 fully saturated rings. The summed E-state index contributed by atoms with van der Waals surface area (Å²) >= 11 is 1.48. The molecule has 3 N–H and O–H groups in total. The molecule has 2 amide bonds. The Kier molecular flexibility index (Phi) is 8.95. The summed E-state index contributed by atoms with van der Waals surface area (Å²) in [4.78, 5) is 28.6. The number of hydrogen-bond acceptors (Lipinski definition) is 5. The molecule has 0 radical (unpaired) electrons. The van der Waals surface area contributed by atoms with E-state index in [0.717, 1.165) is 40.8 Å². The molecule has 1 aromatic heterocycles. The molecule has 0 unspecified atom stereocenters. The number of amides is 2. The van der Waals surface area contributed by atoms with Gasteiger partial charge in [0.25, 0.3) is 0 Å². The maximum atomic E-state index is 11.9. The van der Waals surface area contributed by atoms with Gasteiger partial charge in [-0.25, -0.2) is 9.78 Å². The number of nitrogens with one attached hydrogen (secondary N) is 2. The molecule has 190 valence electrons. The fourth-order valence-corrected chi connectivity index (χ4v) is 5.44. The summed E-state index contributed by atoms with van der Waals surface area (Å²) in [6, 6.07) is 17.0. The number of carboxylic acid groups (broad SMARTS) is 1. The van der Waals surface area contributed by atoms with Crippen LogP contribution >= 0.6 is 11.3 Å². The maximum Gasteiger partial charge on any atom is 0.323 e. The van der Waals surface area contributed by atoms with Crippen LogP contribution in [0.1, 0.15) is 54.2 Å². The van der Waals surface area contributed by atoms with Crippen LogP contribution in [0.4, 0.5) is 10.5 Å². The van der Waals surface area contributed by atoms with Gasteiger partial charge in [0.1, 0.15) is 11.6 Å². The van der Waals surface area contributed by atoms with Gasteiger partial charge in [-0.05, 0) is 48.4 Å². The molecule has 0 bridgehead atoms. The minimum absolute atomic E-state index is 0.317. The van der Waals surface area contributed by atoms with Crippen LogP contribution in [0.15, 0.2) is 53.9 Å². The standard InChI is InChI=1S/C28H34N4O3S/c1-32(28(35)30-17-27(33)34)18-26-31-25(19-36-26)23-11-13-24(14-12-23)29-16-15-20-7-9-22(10-8-20)21-5-3-2-4-6-21/h7-14,19,21,29H,2-6,15-18H2,1H3,(H,30,35)(H,33,34). The number of rotatable bonds is 10. The Morgan fingerprint density at radius 3 is 2.47 bits per heavy atom. The van der Waals surface area contributed by atoms with Gasteiger partial charge in [0.2, 0.25) is 0 Å². The predicted molar refractivity (Wildman–Crippen MR) is 145 cm³/mol. The average Bonchev–Trinajstić information content (AvgIpc) is 3.37. The fourth-order valence-electron chi connectivity index (χ4n) is 4.58. The number of aromatic nitrogens is 1. The maximum absolute atomic E-state index is 11.9. The lowest BCUT2D eigenvalue weighted by molar-refractivity contribution is -0.135. The van der Waals surface area contributed by atoms with Crippen molar-refractivity contribution in [2.45, 2.75) is 51.0 Å². The first-order valence-electron chi connectivity index (χ1n) is 12.6. The molecule has 0 spiro atoms.